The highest BCUT2D eigenvalue weighted by molar-refractivity contribution is 7.90. The SMILES string of the molecule is Cc1ccc(S(=O)(=O)n2cc(/C=N\NC(N)=S)c3ccccc32)cc1. The van der Waals surface area contributed by atoms with E-state index in [0.29, 0.717) is 11.1 Å². The smallest absolute Gasteiger partial charge is 0.268 e. The van der Waals surface area contributed by atoms with E-state index in [-0.39, 0.29) is 10.0 Å². The highest BCUT2D eigenvalue weighted by Gasteiger charge is 2.20. The molecule has 8 heteroatoms. The van der Waals surface area contributed by atoms with Gasteiger partial charge >= 0.3 is 0 Å². The molecule has 0 radical (unpaired) electrons. The molecule has 0 aliphatic rings. The molecule has 0 atom stereocenters. The molecule has 0 aliphatic carbocycles. The number of nitrogens with two attached hydrogens (primary N) is 1. The average molecular weight is 372 g/mol. The Bertz CT molecular complexity index is 1070. The predicted molar refractivity (Wildman–Crippen MR) is 103 cm³/mol. The van der Waals surface area contributed by atoms with Crippen LogP contribution in [0.4, 0.5) is 0 Å². The number of hydrazone groups is 1. The first-order valence-corrected chi connectivity index (χ1v) is 9.25. The van der Waals surface area contributed by atoms with Gasteiger partial charge in [-0.1, -0.05) is 35.9 Å². The minimum Gasteiger partial charge on any atom is -0.375 e. The Hall–Kier alpha value is -2.71. The molecule has 0 bridgehead atoms. The van der Waals surface area contributed by atoms with Crippen LogP contribution in [0.15, 0.2) is 64.7 Å². The van der Waals surface area contributed by atoms with E-state index in [1.807, 2.05) is 19.1 Å². The molecule has 128 valence electrons. The monoisotopic (exact) mass is 372 g/mol. The van der Waals surface area contributed by atoms with Crippen molar-refractivity contribution in [1.29, 1.82) is 0 Å². The second kappa shape index (κ2) is 6.66. The molecule has 0 saturated heterocycles. The topological polar surface area (TPSA) is 89.5 Å². The van der Waals surface area contributed by atoms with E-state index in [0.717, 1.165) is 10.9 Å². The molecule has 3 aromatic rings. The summed E-state index contributed by atoms with van der Waals surface area (Å²) in [4.78, 5) is 0.226. The summed E-state index contributed by atoms with van der Waals surface area (Å²) in [5.74, 6) is 0. The number of fused-ring (bicyclic) bond motifs is 1. The molecule has 1 heterocycles. The molecule has 0 amide bonds. The lowest BCUT2D eigenvalue weighted by molar-refractivity contribution is 0.589. The van der Waals surface area contributed by atoms with E-state index in [2.05, 4.69) is 10.5 Å². The quantitative estimate of drug-likeness (QED) is 0.417. The lowest BCUT2D eigenvalue weighted by Gasteiger charge is -2.07. The molecule has 3 N–H and O–H groups in total. The first-order chi connectivity index (χ1) is 11.9. The normalized spacial score (nSPS) is 11.9. The minimum atomic E-state index is -3.72. The van der Waals surface area contributed by atoms with Crippen molar-refractivity contribution in [1.82, 2.24) is 9.40 Å². The minimum absolute atomic E-state index is 0.0345. The standard InChI is InChI=1S/C17H16N4O2S2/c1-12-6-8-14(9-7-12)25(22,23)21-11-13(10-19-20-17(18)24)15-4-2-3-5-16(15)21/h2-11H,1H3,(H3,18,20,24)/b19-10-. The molecule has 0 fully saturated rings. The van der Waals surface area contributed by atoms with Gasteiger partial charge in [0.1, 0.15) is 0 Å². The molecular formula is C17H16N4O2S2. The van der Waals surface area contributed by atoms with Crippen LogP contribution >= 0.6 is 12.2 Å². The van der Waals surface area contributed by atoms with Crippen LogP contribution in [0.1, 0.15) is 11.1 Å². The van der Waals surface area contributed by atoms with Gasteiger partial charge in [0.15, 0.2) is 5.11 Å². The van der Waals surface area contributed by atoms with Crippen molar-refractivity contribution < 1.29 is 8.42 Å². The van der Waals surface area contributed by atoms with Crippen molar-refractivity contribution in [2.45, 2.75) is 11.8 Å². The number of aromatic nitrogens is 1. The van der Waals surface area contributed by atoms with Crippen LogP contribution in [0.25, 0.3) is 10.9 Å². The van der Waals surface area contributed by atoms with Gasteiger partial charge in [0.05, 0.1) is 16.6 Å². The van der Waals surface area contributed by atoms with Gasteiger partial charge in [0, 0.05) is 17.1 Å². The highest BCUT2D eigenvalue weighted by Crippen LogP contribution is 2.25. The number of para-hydroxylation sites is 1. The summed E-state index contributed by atoms with van der Waals surface area (Å²) in [5.41, 5.74) is 10.00. The molecule has 0 spiro atoms. The summed E-state index contributed by atoms with van der Waals surface area (Å²) in [6.45, 7) is 1.91. The Kier molecular flexibility index (Phi) is 4.56. The van der Waals surface area contributed by atoms with Gasteiger partial charge in [-0.25, -0.2) is 12.4 Å². The maximum atomic E-state index is 13.0. The van der Waals surface area contributed by atoms with E-state index in [1.165, 1.54) is 16.4 Å². The number of hydrogen-bond acceptors (Lipinski definition) is 4. The fourth-order valence-electron chi connectivity index (χ4n) is 2.47. The molecule has 2 aromatic carbocycles. The van der Waals surface area contributed by atoms with Crippen molar-refractivity contribution in [3.8, 4) is 0 Å². The number of rotatable bonds is 4. The summed E-state index contributed by atoms with van der Waals surface area (Å²) in [6.07, 6.45) is 3.02. The zero-order valence-corrected chi connectivity index (χ0v) is 15.0. The number of nitrogens with one attached hydrogen (secondary N) is 1. The van der Waals surface area contributed by atoms with E-state index >= 15 is 0 Å². The zero-order valence-electron chi connectivity index (χ0n) is 13.4. The third-order valence-corrected chi connectivity index (χ3v) is 5.44. The Morgan fingerprint density at radius 3 is 2.56 bits per heavy atom. The first kappa shape index (κ1) is 17.1. The summed E-state index contributed by atoms with van der Waals surface area (Å²) in [7, 11) is -3.72. The number of aryl methyl sites for hydroxylation is 1. The third-order valence-electron chi connectivity index (χ3n) is 3.66. The van der Waals surface area contributed by atoms with Crippen LogP contribution < -0.4 is 11.2 Å². The van der Waals surface area contributed by atoms with Gasteiger partial charge < -0.3 is 5.73 Å². The molecule has 0 aliphatic heterocycles. The summed E-state index contributed by atoms with van der Waals surface area (Å²) in [5, 5.41) is 4.71. The van der Waals surface area contributed by atoms with Crippen molar-refractivity contribution in [2.75, 3.05) is 0 Å². The summed E-state index contributed by atoms with van der Waals surface area (Å²) >= 11 is 4.70. The maximum absolute atomic E-state index is 13.0. The Morgan fingerprint density at radius 2 is 1.88 bits per heavy atom. The third kappa shape index (κ3) is 3.40. The molecule has 0 unspecified atom stereocenters. The summed E-state index contributed by atoms with van der Waals surface area (Å²) < 4.78 is 27.3. The largest absolute Gasteiger partial charge is 0.375 e. The second-order valence-corrected chi connectivity index (χ2v) is 7.70. The molecular weight excluding hydrogens is 356 g/mol. The van der Waals surface area contributed by atoms with Gasteiger partial charge in [-0.3, -0.25) is 5.43 Å². The highest BCUT2D eigenvalue weighted by atomic mass is 32.2. The molecule has 3 rings (SSSR count). The lowest BCUT2D eigenvalue weighted by Crippen LogP contribution is -2.23. The predicted octanol–water partition coefficient (Wildman–Crippen LogP) is 2.35. The van der Waals surface area contributed by atoms with Gasteiger partial charge in [-0.15, -0.1) is 0 Å². The first-order valence-electron chi connectivity index (χ1n) is 7.40. The Morgan fingerprint density at radius 1 is 1.20 bits per heavy atom. The zero-order chi connectivity index (χ0) is 18.0. The Balaban J connectivity index is 2.15. The molecule has 1 aromatic heterocycles. The fraction of sp³-hybridized carbons (Fsp3) is 0.0588. The van der Waals surface area contributed by atoms with Crippen LogP contribution in [0.2, 0.25) is 0 Å². The van der Waals surface area contributed by atoms with Gasteiger partial charge in [0.2, 0.25) is 0 Å². The summed E-state index contributed by atoms with van der Waals surface area (Å²) in [6, 6.07) is 13.9. The molecule has 0 saturated carbocycles. The van der Waals surface area contributed by atoms with E-state index in [4.69, 9.17) is 18.0 Å². The second-order valence-electron chi connectivity index (χ2n) is 5.45. The Labute approximate surface area is 151 Å². The van der Waals surface area contributed by atoms with Crippen LogP contribution in [-0.4, -0.2) is 23.7 Å². The molecule has 25 heavy (non-hydrogen) atoms. The molecule has 6 nitrogen and oxygen atoms in total. The van der Waals surface area contributed by atoms with Crippen molar-refractivity contribution in [2.24, 2.45) is 10.8 Å². The van der Waals surface area contributed by atoms with Crippen molar-refractivity contribution >= 4 is 44.5 Å². The van der Waals surface area contributed by atoms with Crippen molar-refractivity contribution in [3.63, 3.8) is 0 Å². The number of nitrogens with zero attached hydrogens (tertiary/aromatic N) is 2. The lowest BCUT2D eigenvalue weighted by atomic mass is 10.2. The van der Waals surface area contributed by atoms with Gasteiger partial charge in [-0.05, 0) is 37.3 Å². The van der Waals surface area contributed by atoms with Crippen molar-refractivity contribution in [3.05, 3.63) is 65.9 Å². The van der Waals surface area contributed by atoms with E-state index < -0.39 is 10.0 Å². The van der Waals surface area contributed by atoms with E-state index in [9.17, 15) is 8.42 Å². The van der Waals surface area contributed by atoms with Gasteiger partial charge in [0.25, 0.3) is 10.0 Å². The van der Waals surface area contributed by atoms with Crippen LogP contribution in [0.3, 0.4) is 0 Å². The average Bonchev–Trinajstić information content (AvgIpc) is 2.95. The van der Waals surface area contributed by atoms with Gasteiger partial charge in [-0.2, -0.15) is 5.10 Å². The van der Waals surface area contributed by atoms with Crippen LogP contribution in [0, 0.1) is 6.92 Å². The van der Waals surface area contributed by atoms with Crippen LogP contribution in [-0.2, 0) is 10.0 Å². The van der Waals surface area contributed by atoms with E-state index in [1.54, 1.807) is 36.4 Å². The number of benzene rings is 2. The van der Waals surface area contributed by atoms with Crippen LogP contribution in [0.5, 0.6) is 0 Å². The maximum Gasteiger partial charge on any atom is 0.268 e. The fourth-order valence-corrected chi connectivity index (χ4v) is 3.90. The number of thiocarbonyl (C=S) groups is 1. The number of hydrogen-bond donors (Lipinski definition) is 2.